The van der Waals surface area contributed by atoms with Crippen LogP contribution in [-0.4, -0.2) is 68.9 Å². The van der Waals surface area contributed by atoms with Crippen LogP contribution in [0.4, 0.5) is 0 Å². The average Bonchev–Trinajstić information content (AvgIpc) is 3.23. The number of hydrogen-bond donors (Lipinski definition) is 0. The zero-order chi connectivity index (χ0) is 17.1. The van der Waals surface area contributed by atoms with Crippen molar-refractivity contribution in [1.82, 2.24) is 19.2 Å². The van der Waals surface area contributed by atoms with Crippen molar-refractivity contribution in [3.8, 4) is 0 Å². The minimum atomic E-state index is -1.19. The van der Waals surface area contributed by atoms with Crippen molar-refractivity contribution in [2.45, 2.75) is 0 Å². The van der Waals surface area contributed by atoms with Crippen molar-refractivity contribution in [3.05, 3.63) is 47.5 Å². The van der Waals surface area contributed by atoms with E-state index in [-0.39, 0.29) is 48.9 Å². The van der Waals surface area contributed by atoms with E-state index in [1.54, 1.807) is 24.3 Å². The van der Waals surface area contributed by atoms with E-state index in [1.165, 1.54) is 12.1 Å². The van der Waals surface area contributed by atoms with Gasteiger partial charge < -0.3 is 19.8 Å². The van der Waals surface area contributed by atoms with Crippen LogP contribution in [-0.2, 0) is 0 Å². The molecule has 2 aromatic heterocycles. The Morgan fingerprint density at radius 1 is 0.760 bits per heavy atom. The van der Waals surface area contributed by atoms with Crippen LogP contribution in [0.15, 0.2) is 36.4 Å². The molecule has 11 heteroatoms. The Morgan fingerprint density at radius 3 is 1.52 bits per heavy atom. The van der Waals surface area contributed by atoms with Crippen LogP contribution in [0.2, 0.25) is 0 Å². The third kappa shape index (κ3) is 4.28. The third-order valence-corrected chi connectivity index (χ3v) is 4.54. The molecule has 2 heterocycles. The van der Waals surface area contributed by atoms with Crippen LogP contribution in [0.3, 0.4) is 0 Å². The van der Waals surface area contributed by atoms with Gasteiger partial charge in [-0.2, -0.15) is 0 Å². The average molecular weight is 398 g/mol. The van der Waals surface area contributed by atoms with Crippen molar-refractivity contribution in [2.24, 2.45) is 0 Å². The van der Waals surface area contributed by atoms with Gasteiger partial charge in [0.15, 0.2) is 0 Å². The van der Waals surface area contributed by atoms with Crippen LogP contribution >= 0.6 is 23.1 Å². The summed E-state index contributed by atoms with van der Waals surface area (Å²) in [6.45, 7) is 0. The van der Waals surface area contributed by atoms with E-state index < -0.39 is 11.9 Å². The summed E-state index contributed by atoms with van der Waals surface area (Å²) in [4.78, 5) is 21.1. The number of carboxylic acids is 2. The van der Waals surface area contributed by atoms with Gasteiger partial charge in [-0.1, -0.05) is 33.2 Å². The largest absolute Gasteiger partial charge is 2.00 e. The summed E-state index contributed by atoms with van der Waals surface area (Å²) < 4.78 is 8.42. The van der Waals surface area contributed by atoms with E-state index in [1.807, 2.05) is 0 Å². The fourth-order valence-electron chi connectivity index (χ4n) is 1.93. The van der Waals surface area contributed by atoms with Gasteiger partial charge in [-0.3, -0.25) is 0 Å². The number of carboxylic acid groups (broad SMARTS) is 2. The molecule has 0 fully saturated rings. The predicted octanol–water partition coefficient (Wildman–Crippen LogP) is -0.271. The molecule has 0 unspecified atom stereocenters. The molecule has 0 atom stereocenters. The molecule has 0 aliphatic rings. The van der Waals surface area contributed by atoms with E-state index in [2.05, 4.69) is 19.2 Å². The Labute approximate surface area is 178 Å². The van der Waals surface area contributed by atoms with Gasteiger partial charge in [0, 0.05) is 11.1 Å². The zero-order valence-corrected chi connectivity index (χ0v) is 16.3. The van der Waals surface area contributed by atoms with Crippen LogP contribution in [0.25, 0.3) is 20.4 Å². The summed E-state index contributed by atoms with van der Waals surface area (Å²) >= 11 is 2.12. The Balaban J connectivity index is 0.000000173. The van der Waals surface area contributed by atoms with Crippen molar-refractivity contribution < 1.29 is 19.8 Å². The fourth-order valence-corrected chi connectivity index (χ4v) is 3.26. The maximum atomic E-state index is 10.6. The number of aromatic carboxylic acids is 2. The number of rotatable bonds is 2. The van der Waals surface area contributed by atoms with Crippen LogP contribution in [0.5, 0.6) is 0 Å². The van der Waals surface area contributed by atoms with E-state index in [4.69, 9.17) is 0 Å². The molecular weight excluding hydrogens is 392 g/mol. The van der Waals surface area contributed by atoms with E-state index in [0.29, 0.717) is 20.4 Å². The Bertz CT molecular complexity index is 965. The normalized spacial score (nSPS) is 9.92. The first-order valence-corrected chi connectivity index (χ1v) is 7.97. The van der Waals surface area contributed by atoms with Gasteiger partial charge in [0.1, 0.15) is 11.0 Å². The van der Waals surface area contributed by atoms with E-state index in [0.717, 1.165) is 23.1 Å². The molecule has 4 rings (SSSR count). The SMILES string of the molecule is O=C([O-])c1cccc2nnsc12.O=C([O-])c1cccc2nnsc12.[Ca+2]. The quantitative estimate of drug-likeness (QED) is 0.422. The first-order chi connectivity index (χ1) is 11.6. The molecule has 25 heavy (non-hydrogen) atoms. The number of fused-ring (bicyclic) bond motifs is 2. The van der Waals surface area contributed by atoms with Crippen molar-refractivity contribution in [3.63, 3.8) is 0 Å². The standard InChI is InChI=1S/2C7H4N2O2S.Ca/c2*10-7(11)4-2-1-3-5-6(4)12-9-8-5;/h2*1-3H,(H,10,11);/q;;+2/p-2. The van der Waals surface area contributed by atoms with Gasteiger partial charge in [-0.25, -0.2) is 0 Å². The summed E-state index contributed by atoms with van der Waals surface area (Å²) in [5.41, 5.74) is 1.51. The van der Waals surface area contributed by atoms with Crippen molar-refractivity contribution >= 4 is 93.2 Å². The van der Waals surface area contributed by atoms with E-state index >= 15 is 0 Å². The van der Waals surface area contributed by atoms with Crippen LogP contribution in [0, 0.1) is 0 Å². The first-order valence-electron chi connectivity index (χ1n) is 6.43. The van der Waals surface area contributed by atoms with Gasteiger partial charge in [0.05, 0.1) is 21.3 Å². The van der Waals surface area contributed by atoms with Crippen molar-refractivity contribution in [1.29, 1.82) is 0 Å². The predicted molar refractivity (Wildman–Crippen MR) is 89.2 cm³/mol. The molecule has 8 nitrogen and oxygen atoms in total. The van der Waals surface area contributed by atoms with Crippen LogP contribution in [0.1, 0.15) is 20.7 Å². The number of nitrogens with zero attached hydrogens (tertiary/aromatic N) is 4. The maximum absolute atomic E-state index is 10.6. The fraction of sp³-hybridized carbons (Fsp3) is 0. The monoisotopic (exact) mass is 398 g/mol. The summed E-state index contributed by atoms with van der Waals surface area (Å²) in [5.74, 6) is -2.38. The second-order valence-electron chi connectivity index (χ2n) is 4.43. The van der Waals surface area contributed by atoms with E-state index in [9.17, 15) is 19.8 Å². The zero-order valence-electron chi connectivity index (χ0n) is 12.4. The molecule has 0 bridgehead atoms. The smallest absolute Gasteiger partial charge is 0.545 e. The summed E-state index contributed by atoms with van der Waals surface area (Å²) in [6, 6.07) is 9.63. The molecule has 4 aromatic rings. The summed E-state index contributed by atoms with van der Waals surface area (Å²) in [5, 5.41) is 28.6. The summed E-state index contributed by atoms with van der Waals surface area (Å²) in [7, 11) is 0. The van der Waals surface area contributed by atoms with Gasteiger partial charge in [0.25, 0.3) is 0 Å². The minimum Gasteiger partial charge on any atom is -0.545 e. The molecule has 2 aromatic carbocycles. The number of aromatic nitrogens is 4. The minimum absolute atomic E-state index is 0. The number of carbonyl (C=O) groups is 2. The van der Waals surface area contributed by atoms with Gasteiger partial charge >= 0.3 is 37.7 Å². The van der Waals surface area contributed by atoms with Gasteiger partial charge in [-0.05, 0) is 35.2 Å². The van der Waals surface area contributed by atoms with Crippen LogP contribution < -0.4 is 10.2 Å². The van der Waals surface area contributed by atoms with Gasteiger partial charge in [-0.15, -0.1) is 10.2 Å². The number of benzene rings is 2. The molecule has 0 radical (unpaired) electrons. The van der Waals surface area contributed by atoms with Gasteiger partial charge in [0.2, 0.25) is 0 Å². The molecule has 0 aliphatic heterocycles. The molecule has 0 N–H and O–H groups in total. The second-order valence-corrected chi connectivity index (χ2v) is 5.94. The molecule has 0 saturated carbocycles. The van der Waals surface area contributed by atoms with Crippen molar-refractivity contribution in [2.75, 3.05) is 0 Å². The second kappa shape index (κ2) is 8.59. The number of hydrogen-bond acceptors (Lipinski definition) is 10. The Kier molecular flexibility index (Phi) is 6.73. The number of carbonyl (C=O) groups excluding carboxylic acids is 2. The molecule has 120 valence electrons. The first kappa shape index (κ1) is 19.6. The maximum Gasteiger partial charge on any atom is 2.00 e. The molecule has 0 saturated heterocycles. The Hall–Kier alpha value is -1.72. The molecular formula is C14H6CaN4O4S2. The molecule has 0 aliphatic carbocycles. The third-order valence-electron chi connectivity index (χ3n) is 2.99. The topological polar surface area (TPSA) is 132 Å². The molecule has 0 spiro atoms. The summed E-state index contributed by atoms with van der Waals surface area (Å²) in [6.07, 6.45) is 0. The Morgan fingerprint density at radius 2 is 1.16 bits per heavy atom. The molecule has 0 amide bonds.